The molecule has 9 nitrogen and oxygen atoms in total. The molecule has 6 rings (SSSR count). The number of hydrogen-bond acceptors (Lipinski definition) is 7. The standard InChI is InChI=1S/C38H40F4N4O5/c1-23-30(45-16-14-32(47)46(35(45)48)21-25-8-11-27(50-4)18-31(25)51-5)19-43-29-13-12-28(34(39)33(23)29)37(49)15-17-44(22-36(37,2)3)20-24-6-9-26(10-7-24)38(40,41)42/h6-13,18-19,49H,14-17,20-22H2,1-5H3. The van der Waals surface area contributed by atoms with Crippen LogP contribution in [0.3, 0.4) is 0 Å². The molecule has 3 amide bonds. The summed E-state index contributed by atoms with van der Waals surface area (Å²) < 4.78 is 66.7. The quantitative estimate of drug-likeness (QED) is 0.194. The zero-order chi connectivity index (χ0) is 36.9. The maximum Gasteiger partial charge on any atom is 0.416 e. The molecule has 3 heterocycles. The molecule has 1 N–H and O–H groups in total. The number of likely N-dealkylation sites (tertiary alicyclic amines) is 1. The van der Waals surface area contributed by atoms with Crippen molar-refractivity contribution in [3.05, 3.63) is 94.4 Å². The summed E-state index contributed by atoms with van der Waals surface area (Å²) in [7, 11) is 3.01. The van der Waals surface area contributed by atoms with Crippen molar-refractivity contribution in [1.29, 1.82) is 0 Å². The van der Waals surface area contributed by atoms with Crippen LogP contribution in [0, 0.1) is 18.2 Å². The molecule has 2 aliphatic heterocycles. The second-order valence-electron chi connectivity index (χ2n) is 13.8. The third kappa shape index (κ3) is 6.60. The number of benzene rings is 3. The van der Waals surface area contributed by atoms with Crippen LogP contribution < -0.4 is 14.4 Å². The summed E-state index contributed by atoms with van der Waals surface area (Å²) in [4.78, 5) is 35.9. The van der Waals surface area contributed by atoms with Crippen LogP contribution in [-0.2, 0) is 29.7 Å². The molecule has 2 aliphatic rings. The van der Waals surface area contributed by atoms with Gasteiger partial charge in [0.2, 0.25) is 5.91 Å². The molecule has 0 aliphatic carbocycles. The number of halogens is 4. The summed E-state index contributed by atoms with van der Waals surface area (Å²) in [6, 6.07) is 12.7. The zero-order valence-electron chi connectivity index (χ0n) is 29.1. The van der Waals surface area contributed by atoms with E-state index in [1.165, 1.54) is 37.4 Å². The van der Waals surface area contributed by atoms with E-state index in [4.69, 9.17) is 9.47 Å². The second-order valence-corrected chi connectivity index (χ2v) is 13.8. The predicted molar refractivity (Wildman–Crippen MR) is 183 cm³/mol. The first-order valence-electron chi connectivity index (χ1n) is 16.6. The lowest BCUT2D eigenvalue weighted by molar-refractivity contribution is -0.137. The number of nitrogens with zero attached hydrogens (tertiary/aromatic N) is 4. The molecule has 2 saturated heterocycles. The van der Waals surface area contributed by atoms with Crippen LogP contribution >= 0.6 is 0 Å². The third-order valence-corrected chi connectivity index (χ3v) is 10.3. The van der Waals surface area contributed by atoms with Gasteiger partial charge in [0, 0.05) is 60.6 Å². The molecule has 3 aromatic carbocycles. The van der Waals surface area contributed by atoms with E-state index in [0.29, 0.717) is 59.0 Å². The topological polar surface area (TPSA) is 95.4 Å². The van der Waals surface area contributed by atoms with Gasteiger partial charge < -0.3 is 14.6 Å². The van der Waals surface area contributed by atoms with E-state index < -0.39 is 34.6 Å². The Bertz CT molecular complexity index is 1980. The zero-order valence-corrected chi connectivity index (χ0v) is 29.1. The Hall–Kier alpha value is -4.75. The fourth-order valence-corrected chi connectivity index (χ4v) is 7.32. The van der Waals surface area contributed by atoms with Crippen molar-refractivity contribution in [3.63, 3.8) is 0 Å². The van der Waals surface area contributed by atoms with Crippen molar-refractivity contribution >= 4 is 28.5 Å². The van der Waals surface area contributed by atoms with Gasteiger partial charge in [-0.15, -0.1) is 0 Å². The number of ether oxygens (including phenoxy) is 2. The average molecular weight is 709 g/mol. The van der Waals surface area contributed by atoms with Gasteiger partial charge in [0.1, 0.15) is 17.3 Å². The molecule has 2 fully saturated rings. The summed E-state index contributed by atoms with van der Waals surface area (Å²) in [6.07, 6.45) is -2.71. The Morgan fingerprint density at radius 3 is 2.33 bits per heavy atom. The van der Waals surface area contributed by atoms with E-state index in [0.717, 1.165) is 17.0 Å². The van der Waals surface area contributed by atoms with Crippen LogP contribution in [0.4, 0.5) is 28.0 Å². The maximum atomic E-state index is 16.8. The van der Waals surface area contributed by atoms with Gasteiger partial charge in [-0.2, -0.15) is 13.2 Å². The Kier molecular flexibility index (Phi) is 9.49. The van der Waals surface area contributed by atoms with E-state index in [1.54, 1.807) is 37.3 Å². The fourth-order valence-electron chi connectivity index (χ4n) is 7.32. The van der Waals surface area contributed by atoms with Crippen LogP contribution in [-0.4, -0.2) is 65.7 Å². The highest BCUT2D eigenvalue weighted by molar-refractivity contribution is 6.07. The van der Waals surface area contributed by atoms with Crippen molar-refractivity contribution in [3.8, 4) is 11.5 Å². The van der Waals surface area contributed by atoms with Crippen LogP contribution in [0.25, 0.3) is 10.9 Å². The molecular weight excluding hydrogens is 668 g/mol. The molecule has 51 heavy (non-hydrogen) atoms. The summed E-state index contributed by atoms with van der Waals surface area (Å²) in [5.41, 5.74) is -0.640. The number of urea groups is 1. The number of carbonyl (C=O) groups is 2. The summed E-state index contributed by atoms with van der Waals surface area (Å²) >= 11 is 0. The van der Waals surface area contributed by atoms with E-state index in [9.17, 15) is 27.9 Å². The van der Waals surface area contributed by atoms with Gasteiger partial charge >= 0.3 is 12.2 Å². The van der Waals surface area contributed by atoms with Gasteiger partial charge in [-0.25, -0.2) is 9.18 Å². The van der Waals surface area contributed by atoms with E-state index in [1.807, 2.05) is 18.7 Å². The van der Waals surface area contributed by atoms with Crippen LogP contribution in [0.2, 0.25) is 0 Å². The molecular formula is C38H40F4N4O5. The van der Waals surface area contributed by atoms with Crippen molar-refractivity contribution in [2.75, 3.05) is 38.8 Å². The Balaban J connectivity index is 1.27. The smallest absolute Gasteiger partial charge is 0.416 e. The molecule has 0 bridgehead atoms. The summed E-state index contributed by atoms with van der Waals surface area (Å²) in [6.45, 7) is 6.51. The lowest BCUT2D eigenvalue weighted by atomic mass is 9.66. The number of piperidine rings is 1. The first-order chi connectivity index (χ1) is 24.1. The minimum Gasteiger partial charge on any atom is -0.497 e. The van der Waals surface area contributed by atoms with Crippen LogP contribution in [0.15, 0.2) is 60.8 Å². The highest BCUT2D eigenvalue weighted by atomic mass is 19.4. The highest BCUT2D eigenvalue weighted by Gasteiger charge is 2.50. The number of fused-ring (bicyclic) bond motifs is 1. The molecule has 1 unspecified atom stereocenters. The van der Waals surface area contributed by atoms with Gasteiger partial charge in [-0.05, 0) is 54.8 Å². The monoisotopic (exact) mass is 708 g/mol. The molecule has 1 atom stereocenters. The minimum absolute atomic E-state index is 0.0428. The van der Waals surface area contributed by atoms with Crippen molar-refractivity contribution in [2.24, 2.45) is 5.41 Å². The van der Waals surface area contributed by atoms with E-state index >= 15 is 4.39 Å². The van der Waals surface area contributed by atoms with Gasteiger partial charge in [0.05, 0.1) is 49.3 Å². The fraction of sp³-hybridized carbons (Fsp3) is 0.395. The number of methoxy groups -OCH3 is 2. The Labute approximate surface area is 293 Å². The number of amides is 3. The van der Waals surface area contributed by atoms with Crippen LogP contribution in [0.5, 0.6) is 11.5 Å². The SMILES string of the molecule is COc1ccc(CN2C(=O)CCN(c3cnc4ccc(C5(O)CCN(Cc6ccc(C(F)(F)F)cc6)CC5(C)C)c(F)c4c3C)C2=O)c(OC)c1. The number of anilines is 1. The van der Waals surface area contributed by atoms with Crippen LogP contribution in [0.1, 0.15) is 54.5 Å². The lowest BCUT2D eigenvalue weighted by Crippen LogP contribution is -2.55. The molecule has 13 heteroatoms. The number of hydrogen-bond donors (Lipinski definition) is 1. The van der Waals surface area contributed by atoms with E-state index in [2.05, 4.69) is 4.98 Å². The molecule has 0 saturated carbocycles. The highest BCUT2D eigenvalue weighted by Crippen LogP contribution is 2.48. The number of aliphatic hydroxyl groups is 1. The number of imide groups is 1. The molecule has 1 aromatic heterocycles. The maximum absolute atomic E-state index is 16.8. The number of aryl methyl sites for hydroxylation is 1. The van der Waals surface area contributed by atoms with Crippen molar-refractivity contribution in [2.45, 2.75) is 58.5 Å². The predicted octanol–water partition coefficient (Wildman–Crippen LogP) is 7.20. The Morgan fingerprint density at radius 2 is 1.69 bits per heavy atom. The second kappa shape index (κ2) is 13.4. The number of rotatable bonds is 8. The van der Waals surface area contributed by atoms with Gasteiger partial charge in [-0.1, -0.05) is 32.0 Å². The average Bonchev–Trinajstić information content (AvgIpc) is 3.08. The van der Waals surface area contributed by atoms with Gasteiger partial charge in [0.25, 0.3) is 0 Å². The lowest BCUT2D eigenvalue weighted by Gasteiger charge is -2.50. The summed E-state index contributed by atoms with van der Waals surface area (Å²) in [5.74, 6) is 0.00984. The molecule has 0 spiro atoms. The van der Waals surface area contributed by atoms with E-state index in [-0.39, 0.29) is 42.8 Å². The van der Waals surface area contributed by atoms with Crippen molar-refractivity contribution in [1.82, 2.24) is 14.8 Å². The first-order valence-corrected chi connectivity index (χ1v) is 16.6. The van der Waals surface area contributed by atoms with Gasteiger partial charge in [-0.3, -0.25) is 24.5 Å². The third-order valence-electron chi connectivity index (χ3n) is 10.3. The summed E-state index contributed by atoms with van der Waals surface area (Å²) in [5, 5.41) is 12.4. The molecule has 0 radical (unpaired) electrons. The number of carbonyl (C=O) groups excluding carboxylic acids is 2. The minimum atomic E-state index is -4.42. The first kappa shape index (κ1) is 36.1. The number of aromatic nitrogens is 1. The Morgan fingerprint density at radius 1 is 0.961 bits per heavy atom. The normalized spacial score (nSPS) is 19.9. The molecule has 4 aromatic rings. The van der Waals surface area contributed by atoms with Gasteiger partial charge in [0.15, 0.2) is 0 Å². The number of alkyl halides is 3. The largest absolute Gasteiger partial charge is 0.497 e. The number of pyridine rings is 1. The van der Waals surface area contributed by atoms with Crippen molar-refractivity contribution < 1.29 is 41.7 Å². The molecule has 270 valence electrons.